The number of ether oxygens (including phenoxy) is 1. The molecule has 0 aromatic carbocycles. The van der Waals surface area contributed by atoms with Crippen LogP contribution < -0.4 is 0 Å². The number of unbranched alkanes of at least 4 members (excludes halogenated alkanes) is 10. The summed E-state index contributed by atoms with van der Waals surface area (Å²) in [4.78, 5) is 21.5. The van der Waals surface area contributed by atoms with Crippen LogP contribution in [0.25, 0.3) is 0 Å². The Morgan fingerprint density at radius 2 is 1.32 bits per heavy atom. The van der Waals surface area contributed by atoms with E-state index in [1.54, 1.807) is 6.92 Å². The summed E-state index contributed by atoms with van der Waals surface area (Å²) in [5.74, 6) is 0.278. The monoisotopic (exact) mass is 354 g/mol. The zero-order chi connectivity index (χ0) is 19.2. The Bertz CT molecular complexity index is 310. The molecule has 0 N–H and O–H groups in total. The van der Waals surface area contributed by atoms with Gasteiger partial charge in [0.25, 0.3) is 0 Å². The second-order valence-electron chi connectivity index (χ2n) is 6.62. The highest BCUT2D eigenvalue weighted by Gasteiger charge is 2.00. The van der Waals surface area contributed by atoms with Crippen molar-refractivity contribution in [2.24, 2.45) is 0 Å². The molecule has 0 aliphatic heterocycles. The van der Waals surface area contributed by atoms with E-state index >= 15 is 0 Å². The zero-order valence-electron chi connectivity index (χ0n) is 17.1. The van der Waals surface area contributed by atoms with Crippen molar-refractivity contribution in [1.82, 2.24) is 0 Å². The Morgan fingerprint density at radius 1 is 0.800 bits per heavy atom. The van der Waals surface area contributed by atoms with E-state index in [0.717, 1.165) is 32.1 Å². The van der Waals surface area contributed by atoms with Crippen LogP contribution in [0.3, 0.4) is 0 Å². The van der Waals surface area contributed by atoms with Gasteiger partial charge in [0.15, 0.2) is 0 Å². The normalized spacial score (nSPS) is 9.88. The molecule has 0 unspecified atom stereocenters. The minimum atomic E-state index is -0.0517. The van der Waals surface area contributed by atoms with Crippen LogP contribution in [-0.2, 0) is 14.3 Å². The van der Waals surface area contributed by atoms with E-state index in [2.05, 4.69) is 13.5 Å². The third-order valence-corrected chi connectivity index (χ3v) is 3.98. The van der Waals surface area contributed by atoms with Gasteiger partial charge in [-0.15, -0.1) is 6.58 Å². The van der Waals surface area contributed by atoms with E-state index in [0.29, 0.717) is 18.8 Å². The molecule has 0 radical (unpaired) electrons. The fourth-order valence-electron chi connectivity index (χ4n) is 2.48. The van der Waals surface area contributed by atoms with Crippen LogP contribution in [0.5, 0.6) is 0 Å². The number of Topliss-reactive ketones (excluding diaryl/α,β-unsaturated/α-hetero) is 1. The molecule has 0 saturated heterocycles. The smallest absolute Gasteiger partial charge is 0.305 e. The van der Waals surface area contributed by atoms with E-state index in [1.807, 2.05) is 13.0 Å². The van der Waals surface area contributed by atoms with Crippen molar-refractivity contribution in [3.8, 4) is 0 Å². The van der Waals surface area contributed by atoms with E-state index in [1.165, 1.54) is 51.4 Å². The summed E-state index contributed by atoms with van der Waals surface area (Å²) in [5.41, 5.74) is 0. The maximum absolute atomic E-state index is 11.0. The van der Waals surface area contributed by atoms with Crippen LogP contribution in [0.1, 0.15) is 111 Å². The first-order chi connectivity index (χ1) is 12.1. The van der Waals surface area contributed by atoms with E-state index in [-0.39, 0.29) is 5.97 Å². The molecule has 148 valence electrons. The Balaban J connectivity index is 0. The molecule has 0 spiro atoms. The molecule has 0 saturated carbocycles. The first-order valence-corrected chi connectivity index (χ1v) is 10.3. The summed E-state index contributed by atoms with van der Waals surface area (Å²) < 4.78 is 4.85. The summed E-state index contributed by atoms with van der Waals surface area (Å²) in [6.45, 7) is 9.90. The predicted octanol–water partition coefficient (Wildman–Crippen LogP) is 6.79. The summed E-state index contributed by atoms with van der Waals surface area (Å²) in [5, 5.41) is 0. The molecule has 0 heterocycles. The Hall–Kier alpha value is -1.12. The number of rotatable bonds is 16. The molecule has 0 amide bonds. The molecule has 3 nitrogen and oxygen atoms in total. The molecule has 3 heteroatoms. The number of allylic oxidation sites excluding steroid dienone is 1. The lowest BCUT2D eigenvalue weighted by Gasteiger charge is -2.01. The number of hydrogen-bond acceptors (Lipinski definition) is 3. The van der Waals surface area contributed by atoms with Gasteiger partial charge >= 0.3 is 5.97 Å². The highest BCUT2D eigenvalue weighted by atomic mass is 16.5. The lowest BCUT2D eigenvalue weighted by molar-refractivity contribution is -0.143. The fraction of sp³-hybridized carbons (Fsp3) is 0.818. The molecule has 0 aromatic rings. The van der Waals surface area contributed by atoms with Crippen LogP contribution in [0.15, 0.2) is 12.7 Å². The van der Waals surface area contributed by atoms with Crippen molar-refractivity contribution in [3.05, 3.63) is 12.7 Å². The molecule has 0 bridgehead atoms. The van der Waals surface area contributed by atoms with Crippen LogP contribution in [0.2, 0.25) is 0 Å². The first kappa shape index (κ1) is 26.1. The molecule has 0 atom stereocenters. The lowest BCUT2D eigenvalue weighted by Crippen LogP contribution is -2.03. The van der Waals surface area contributed by atoms with Crippen LogP contribution in [0, 0.1) is 0 Å². The zero-order valence-corrected chi connectivity index (χ0v) is 17.1. The second kappa shape index (κ2) is 22.9. The minimum absolute atomic E-state index is 0.0517. The van der Waals surface area contributed by atoms with Gasteiger partial charge in [-0.2, -0.15) is 0 Å². The topological polar surface area (TPSA) is 43.4 Å². The summed E-state index contributed by atoms with van der Waals surface area (Å²) >= 11 is 0. The largest absolute Gasteiger partial charge is 0.466 e. The molecule has 0 aliphatic rings. The van der Waals surface area contributed by atoms with Gasteiger partial charge < -0.3 is 9.53 Å². The average Bonchev–Trinajstić information content (AvgIpc) is 2.58. The van der Waals surface area contributed by atoms with Gasteiger partial charge in [-0.3, -0.25) is 4.79 Å². The quantitative estimate of drug-likeness (QED) is 0.174. The van der Waals surface area contributed by atoms with Gasteiger partial charge in [-0.25, -0.2) is 0 Å². The first-order valence-electron chi connectivity index (χ1n) is 10.3. The van der Waals surface area contributed by atoms with E-state index in [9.17, 15) is 9.59 Å². The van der Waals surface area contributed by atoms with Crippen LogP contribution in [-0.4, -0.2) is 18.4 Å². The molecule has 0 rings (SSSR count). The third kappa shape index (κ3) is 28.0. The number of esters is 1. The van der Waals surface area contributed by atoms with E-state index in [4.69, 9.17) is 4.74 Å². The standard InChI is InChI=1S/C13H24O2.C9H18O/c1-3-5-6-7-8-9-10-11-12-13(14)15-4-2;1-3-4-5-6-7-8-9(2)10/h3H,1,4-12H2,2H3;3-8H2,1-2H3. The van der Waals surface area contributed by atoms with Gasteiger partial charge in [-0.05, 0) is 39.5 Å². The molecule has 0 aliphatic carbocycles. The van der Waals surface area contributed by atoms with Gasteiger partial charge in [0.05, 0.1) is 6.61 Å². The van der Waals surface area contributed by atoms with Crippen molar-refractivity contribution in [2.45, 2.75) is 111 Å². The third-order valence-electron chi connectivity index (χ3n) is 3.98. The highest BCUT2D eigenvalue weighted by Crippen LogP contribution is 2.09. The van der Waals surface area contributed by atoms with Gasteiger partial charge in [0, 0.05) is 12.8 Å². The van der Waals surface area contributed by atoms with Crippen molar-refractivity contribution in [2.75, 3.05) is 6.61 Å². The van der Waals surface area contributed by atoms with Gasteiger partial charge in [0.2, 0.25) is 0 Å². The second-order valence-corrected chi connectivity index (χ2v) is 6.62. The van der Waals surface area contributed by atoms with Crippen molar-refractivity contribution in [3.63, 3.8) is 0 Å². The number of carbonyl (C=O) groups is 2. The minimum Gasteiger partial charge on any atom is -0.466 e. The molecule has 0 aromatic heterocycles. The molecular weight excluding hydrogens is 312 g/mol. The summed E-state index contributed by atoms with van der Waals surface area (Å²) in [6.07, 6.45) is 17.8. The Kier molecular flexibility index (Phi) is 23.9. The Labute approximate surface area is 156 Å². The van der Waals surface area contributed by atoms with Crippen LogP contribution in [0.4, 0.5) is 0 Å². The lowest BCUT2D eigenvalue weighted by atomic mass is 10.1. The fourth-order valence-corrected chi connectivity index (χ4v) is 2.48. The average molecular weight is 355 g/mol. The highest BCUT2D eigenvalue weighted by molar-refractivity contribution is 5.75. The van der Waals surface area contributed by atoms with Crippen molar-refractivity contribution in [1.29, 1.82) is 0 Å². The Morgan fingerprint density at radius 3 is 1.84 bits per heavy atom. The molecular formula is C22H42O3. The van der Waals surface area contributed by atoms with Gasteiger partial charge in [-0.1, -0.05) is 64.4 Å². The molecule has 25 heavy (non-hydrogen) atoms. The maximum Gasteiger partial charge on any atom is 0.305 e. The SMILES string of the molecule is C=CCCCCCCCCC(=O)OCC.CCCCCCCC(C)=O. The number of ketones is 1. The number of carbonyl (C=O) groups excluding carboxylic acids is 2. The number of hydrogen-bond donors (Lipinski definition) is 0. The maximum atomic E-state index is 11.0. The van der Waals surface area contributed by atoms with E-state index < -0.39 is 0 Å². The van der Waals surface area contributed by atoms with Crippen molar-refractivity contribution < 1.29 is 14.3 Å². The predicted molar refractivity (Wildman–Crippen MR) is 108 cm³/mol. The van der Waals surface area contributed by atoms with Crippen molar-refractivity contribution >= 4 is 11.8 Å². The summed E-state index contributed by atoms with van der Waals surface area (Å²) in [6, 6.07) is 0. The molecule has 0 fully saturated rings. The summed E-state index contributed by atoms with van der Waals surface area (Å²) in [7, 11) is 0. The van der Waals surface area contributed by atoms with Crippen LogP contribution >= 0.6 is 0 Å². The van der Waals surface area contributed by atoms with Gasteiger partial charge in [0.1, 0.15) is 5.78 Å².